The topological polar surface area (TPSA) is 64.1 Å². The third-order valence-corrected chi connectivity index (χ3v) is 3.70. The normalized spacial score (nSPS) is 19.5. The Hall–Kier alpha value is -2.14. The third-order valence-electron chi connectivity index (χ3n) is 3.70. The Bertz CT molecular complexity index is 692. The van der Waals surface area contributed by atoms with Crippen LogP contribution in [0.25, 0.3) is 22.6 Å². The molecule has 0 radical (unpaired) electrons. The molecule has 1 fully saturated rings. The number of piperidine rings is 1. The van der Waals surface area contributed by atoms with Gasteiger partial charge in [-0.25, -0.2) is 0 Å². The molecule has 5 heteroatoms. The second kappa shape index (κ2) is 4.76. The standard InChI is InChI=1S/C15H15N3O2/c1-2-7-12-10(5-1)9-13(19-12)14-17-15(20-18-14)11-6-3-4-8-16-11/h1-2,5,7,9,11,16H,3-4,6,8H2/t11-/m1/s1. The molecule has 0 saturated carbocycles. The lowest BCUT2D eigenvalue weighted by Crippen LogP contribution is -2.26. The first kappa shape index (κ1) is 11.7. The van der Waals surface area contributed by atoms with E-state index in [9.17, 15) is 0 Å². The van der Waals surface area contributed by atoms with Gasteiger partial charge in [0.05, 0.1) is 6.04 Å². The van der Waals surface area contributed by atoms with Crippen molar-refractivity contribution in [3.05, 3.63) is 36.2 Å². The molecule has 0 spiro atoms. The molecule has 5 nitrogen and oxygen atoms in total. The monoisotopic (exact) mass is 269 g/mol. The van der Waals surface area contributed by atoms with Gasteiger partial charge in [-0.05, 0) is 31.5 Å². The molecule has 0 unspecified atom stereocenters. The molecule has 20 heavy (non-hydrogen) atoms. The first-order chi connectivity index (χ1) is 9.90. The number of hydrogen-bond donors (Lipinski definition) is 1. The highest BCUT2D eigenvalue weighted by molar-refractivity contribution is 5.81. The van der Waals surface area contributed by atoms with Crippen molar-refractivity contribution in [2.45, 2.75) is 25.3 Å². The fraction of sp³-hybridized carbons (Fsp3) is 0.333. The van der Waals surface area contributed by atoms with Gasteiger partial charge in [-0.15, -0.1) is 0 Å². The highest BCUT2D eigenvalue weighted by Gasteiger charge is 2.22. The summed E-state index contributed by atoms with van der Waals surface area (Å²) in [6.07, 6.45) is 3.45. The van der Waals surface area contributed by atoms with E-state index < -0.39 is 0 Å². The molecular formula is C15H15N3O2. The van der Waals surface area contributed by atoms with Gasteiger partial charge in [0.15, 0.2) is 5.76 Å². The molecule has 1 aromatic carbocycles. The van der Waals surface area contributed by atoms with Gasteiger partial charge in [-0.3, -0.25) is 0 Å². The summed E-state index contributed by atoms with van der Waals surface area (Å²) in [7, 11) is 0. The molecule has 3 aromatic rings. The Kier molecular flexibility index (Phi) is 2.77. The van der Waals surface area contributed by atoms with Crippen molar-refractivity contribution in [1.29, 1.82) is 0 Å². The van der Waals surface area contributed by atoms with Gasteiger partial charge in [0.1, 0.15) is 5.58 Å². The Morgan fingerprint density at radius 3 is 3.00 bits per heavy atom. The highest BCUT2D eigenvalue weighted by Crippen LogP contribution is 2.28. The Morgan fingerprint density at radius 1 is 1.20 bits per heavy atom. The molecule has 1 saturated heterocycles. The first-order valence-corrected chi connectivity index (χ1v) is 6.96. The minimum Gasteiger partial charge on any atom is -0.453 e. The number of para-hydroxylation sites is 1. The molecule has 0 bridgehead atoms. The second-order valence-corrected chi connectivity index (χ2v) is 5.11. The van der Waals surface area contributed by atoms with E-state index in [0.29, 0.717) is 17.5 Å². The molecule has 1 aliphatic rings. The molecule has 4 rings (SSSR count). The van der Waals surface area contributed by atoms with Gasteiger partial charge in [0, 0.05) is 5.39 Å². The first-order valence-electron chi connectivity index (χ1n) is 6.96. The Labute approximate surface area is 116 Å². The molecule has 0 aliphatic carbocycles. The van der Waals surface area contributed by atoms with Crippen molar-refractivity contribution >= 4 is 11.0 Å². The van der Waals surface area contributed by atoms with E-state index in [2.05, 4.69) is 15.5 Å². The number of rotatable bonds is 2. The summed E-state index contributed by atoms with van der Waals surface area (Å²) in [5.41, 5.74) is 0.838. The molecule has 0 amide bonds. The highest BCUT2D eigenvalue weighted by atomic mass is 16.5. The van der Waals surface area contributed by atoms with Crippen LogP contribution in [0.2, 0.25) is 0 Å². The van der Waals surface area contributed by atoms with Crippen molar-refractivity contribution < 1.29 is 8.94 Å². The van der Waals surface area contributed by atoms with Gasteiger partial charge >= 0.3 is 0 Å². The van der Waals surface area contributed by atoms with E-state index in [1.165, 1.54) is 12.8 Å². The number of benzene rings is 1. The average Bonchev–Trinajstić information content (AvgIpc) is 3.14. The Balaban J connectivity index is 1.66. The summed E-state index contributed by atoms with van der Waals surface area (Å²) in [6, 6.07) is 9.99. The predicted octanol–water partition coefficient (Wildman–Crippen LogP) is 3.30. The predicted molar refractivity (Wildman–Crippen MR) is 74.1 cm³/mol. The minimum absolute atomic E-state index is 0.175. The SMILES string of the molecule is c1ccc2oc(-c3noc([C@H]4CCCCN4)n3)cc2c1. The summed E-state index contributed by atoms with van der Waals surface area (Å²) in [5.74, 6) is 1.82. The molecule has 1 aliphatic heterocycles. The molecule has 3 heterocycles. The zero-order valence-electron chi connectivity index (χ0n) is 11.0. The van der Waals surface area contributed by atoms with Crippen LogP contribution in [0.4, 0.5) is 0 Å². The zero-order chi connectivity index (χ0) is 13.4. The summed E-state index contributed by atoms with van der Waals surface area (Å²) >= 11 is 0. The van der Waals surface area contributed by atoms with Crippen molar-refractivity contribution in [2.75, 3.05) is 6.54 Å². The quantitative estimate of drug-likeness (QED) is 0.773. The van der Waals surface area contributed by atoms with Crippen LogP contribution in [-0.2, 0) is 0 Å². The van der Waals surface area contributed by atoms with Gasteiger partial charge < -0.3 is 14.3 Å². The van der Waals surface area contributed by atoms with Crippen molar-refractivity contribution in [2.24, 2.45) is 0 Å². The number of fused-ring (bicyclic) bond motifs is 1. The van der Waals surface area contributed by atoms with E-state index in [-0.39, 0.29) is 6.04 Å². The summed E-state index contributed by atoms with van der Waals surface area (Å²) in [4.78, 5) is 4.47. The summed E-state index contributed by atoms with van der Waals surface area (Å²) in [6.45, 7) is 1.01. The molecule has 1 atom stereocenters. The molecule has 102 valence electrons. The second-order valence-electron chi connectivity index (χ2n) is 5.11. The Morgan fingerprint density at radius 2 is 2.15 bits per heavy atom. The lowest BCUT2D eigenvalue weighted by molar-refractivity contribution is 0.297. The van der Waals surface area contributed by atoms with Crippen LogP contribution in [0.5, 0.6) is 0 Å². The van der Waals surface area contributed by atoms with Crippen LogP contribution >= 0.6 is 0 Å². The average molecular weight is 269 g/mol. The van der Waals surface area contributed by atoms with Gasteiger partial charge in [0.25, 0.3) is 0 Å². The van der Waals surface area contributed by atoms with Crippen LogP contribution in [0.3, 0.4) is 0 Å². The van der Waals surface area contributed by atoms with Crippen LogP contribution in [0, 0.1) is 0 Å². The number of nitrogens with one attached hydrogen (secondary N) is 1. The van der Waals surface area contributed by atoms with Gasteiger partial charge in [-0.1, -0.05) is 29.8 Å². The number of aromatic nitrogens is 2. The summed E-state index contributed by atoms with van der Waals surface area (Å²) < 4.78 is 11.1. The zero-order valence-corrected chi connectivity index (χ0v) is 11.0. The number of nitrogens with zero attached hydrogens (tertiary/aromatic N) is 2. The van der Waals surface area contributed by atoms with E-state index >= 15 is 0 Å². The van der Waals surface area contributed by atoms with Crippen LogP contribution in [0.15, 0.2) is 39.3 Å². The van der Waals surface area contributed by atoms with Gasteiger partial charge in [-0.2, -0.15) is 4.98 Å². The lowest BCUT2D eigenvalue weighted by Gasteiger charge is -2.19. The van der Waals surface area contributed by atoms with Crippen molar-refractivity contribution in [3.8, 4) is 11.6 Å². The maximum Gasteiger partial charge on any atom is 0.244 e. The molecule has 2 aromatic heterocycles. The van der Waals surface area contributed by atoms with Crippen molar-refractivity contribution in [3.63, 3.8) is 0 Å². The van der Waals surface area contributed by atoms with E-state index in [1.54, 1.807) is 0 Å². The summed E-state index contributed by atoms with van der Waals surface area (Å²) in [5, 5.41) is 8.48. The minimum atomic E-state index is 0.175. The maximum atomic E-state index is 5.75. The molecular weight excluding hydrogens is 254 g/mol. The lowest BCUT2D eigenvalue weighted by atomic mass is 10.1. The number of hydrogen-bond acceptors (Lipinski definition) is 5. The van der Waals surface area contributed by atoms with E-state index in [1.807, 2.05) is 30.3 Å². The third kappa shape index (κ3) is 2.00. The number of furan rings is 1. The largest absolute Gasteiger partial charge is 0.453 e. The molecule has 1 N–H and O–H groups in total. The fourth-order valence-corrected chi connectivity index (χ4v) is 2.63. The fourth-order valence-electron chi connectivity index (χ4n) is 2.63. The van der Waals surface area contributed by atoms with Gasteiger partial charge in [0.2, 0.25) is 11.7 Å². The smallest absolute Gasteiger partial charge is 0.244 e. The van der Waals surface area contributed by atoms with Crippen LogP contribution in [-0.4, -0.2) is 16.7 Å². The van der Waals surface area contributed by atoms with E-state index in [4.69, 9.17) is 8.94 Å². The van der Waals surface area contributed by atoms with Crippen LogP contribution < -0.4 is 5.32 Å². The van der Waals surface area contributed by atoms with Crippen molar-refractivity contribution in [1.82, 2.24) is 15.5 Å². The maximum absolute atomic E-state index is 5.75. The van der Waals surface area contributed by atoms with Crippen LogP contribution in [0.1, 0.15) is 31.2 Å². The van der Waals surface area contributed by atoms with E-state index in [0.717, 1.165) is 23.9 Å².